The third-order valence-electron chi connectivity index (χ3n) is 6.46. The Kier molecular flexibility index (Phi) is 7.75. The Morgan fingerprint density at radius 1 is 0.872 bits per heavy atom. The predicted molar refractivity (Wildman–Crippen MR) is 154 cm³/mol. The first kappa shape index (κ1) is 26.2. The van der Waals surface area contributed by atoms with Gasteiger partial charge >= 0.3 is 0 Å². The second-order valence-corrected chi connectivity index (χ2v) is 9.95. The van der Waals surface area contributed by atoms with Gasteiger partial charge in [0.15, 0.2) is 17.1 Å². The number of rotatable bonds is 10. The number of fused-ring (bicyclic) bond motifs is 2. The van der Waals surface area contributed by atoms with E-state index in [9.17, 15) is 9.59 Å². The average Bonchev–Trinajstić information content (AvgIpc) is 2.92. The summed E-state index contributed by atoms with van der Waals surface area (Å²) in [6.07, 6.45) is 1.17. The van der Waals surface area contributed by atoms with Crippen molar-refractivity contribution in [2.45, 2.75) is 19.8 Å². The number of nitrogens with zero attached hydrogens (tertiary/aromatic N) is 1. The van der Waals surface area contributed by atoms with Crippen LogP contribution in [0.1, 0.15) is 27.9 Å². The summed E-state index contributed by atoms with van der Waals surface area (Å²) in [6.45, 7) is 3.35. The Hall–Kier alpha value is -4.42. The second kappa shape index (κ2) is 11.5. The average molecular weight is 522 g/mol. The maximum atomic E-state index is 13.4. The summed E-state index contributed by atoms with van der Waals surface area (Å²) in [5, 5.41) is 0.953. The Morgan fingerprint density at radius 3 is 2.46 bits per heavy atom. The number of ketones is 1. The van der Waals surface area contributed by atoms with E-state index in [0.29, 0.717) is 57.8 Å². The number of hydrogen-bond acceptors (Lipinski definition) is 6. The van der Waals surface area contributed by atoms with Gasteiger partial charge in [0.1, 0.15) is 17.1 Å². The quantitative estimate of drug-likeness (QED) is 0.114. The first-order chi connectivity index (χ1) is 18.9. The normalized spacial score (nSPS) is 11.3. The standard InChI is InChI=1S/C33H31NO5/c1-22-17-28-32(36)27-14-13-26(21-30(27)39-33(28)31(18-22)37-16-8-15-34(2)3)38-25-12-7-11-24(20-25)29(35)19-23-9-5-4-6-10-23/h4-7,9-14,17-18,20-21H,8,15-16,19H2,1-3H3. The summed E-state index contributed by atoms with van der Waals surface area (Å²) in [7, 11) is 4.04. The van der Waals surface area contributed by atoms with Crippen LogP contribution in [0.25, 0.3) is 21.9 Å². The molecule has 0 aliphatic rings. The molecule has 0 saturated carbocycles. The molecule has 1 aromatic heterocycles. The van der Waals surface area contributed by atoms with Crippen molar-refractivity contribution < 1.29 is 18.7 Å². The Morgan fingerprint density at radius 2 is 1.67 bits per heavy atom. The van der Waals surface area contributed by atoms with Crippen LogP contribution in [0.5, 0.6) is 17.2 Å². The molecule has 1 heterocycles. The van der Waals surface area contributed by atoms with E-state index in [1.165, 1.54) is 0 Å². The smallest absolute Gasteiger partial charge is 0.200 e. The number of carbonyl (C=O) groups excluding carboxylic acids is 1. The van der Waals surface area contributed by atoms with E-state index in [4.69, 9.17) is 13.9 Å². The number of benzene rings is 4. The summed E-state index contributed by atoms with van der Waals surface area (Å²) in [5.74, 6) is 1.59. The van der Waals surface area contributed by atoms with E-state index in [1.54, 1.807) is 42.5 Å². The lowest BCUT2D eigenvalue weighted by Gasteiger charge is -2.13. The van der Waals surface area contributed by atoms with Gasteiger partial charge in [-0.1, -0.05) is 42.5 Å². The van der Waals surface area contributed by atoms with Gasteiger partial charge in [0, 0.05) is 24.6 Å². The van der Waals surface area contributed by atoms with Gasteiger partial charge in [0.25, 0.3) is 0 Å². The van der Waals surface area contributed by atoms with Crippen molar-refractivity contribution in [3.63, 3.8) is 0 Å². The highest BCUT2D eigenvalue weighted by Gasteiger charge is 2.15. The fraction of sp³-hybridized carbons (Fsp3) is 0.212. The van der Waals surface area contributed by atoms with Crippen LogP contribution in [0.2, 0.25) is 0 Å². The summed E-state index contributed by atoms with van der Waals surface area (Å²) in [6, 6.07) is 25.6. The minimum absolute atomic E-state index is 0.0102. The van der Waals surface area contributed by atoms with Crippen molar-refractivity contribution in [1.82, 2.24) is 4.90 Å². The van der Waals surface area contributed by atoms with Crippen molar-refractivity contribution in [3.05, 3.63) is 112 Å². The van der Waals surface area contributed by atoms with Crippen LogP contribution in [-0.4, -0.2) is 37.9 Å². The predicted octanol–water partition coefficient (Wildman–Crippen LogP) is 6.80. The molecule has 0 radical (unpaired) electrons. The second-order valence-electron chi connectivity index (χ2n) is 9.95. The number of hydrogen-bond donors (Lipinski definition) is 0. The maximum Gasteiger partial charge on any atom is 0.200 e. The van der Waals surface area contributed by atoms with Crippen molar-refractivity contribution in [2.75, 3.05) is 27.2 Å². The molecule has 5 rings (SSSR count). The lowest BCUT2D eigenvalue weighted by atomic mass is 10.0. The van der Waals surface area contributed by atoms with Crippen LogP contribution in [-0.2, 0) is 6.42 Å². The van der Waals surface area contributed by atoms with Gasteiger partial charge in [-0.25, -0.2) is 0 Å². The molecule has 6 heteroatoms. The molecule has 198 valence electrons. The fourth-order valence-electron chi connectivity index (χ4n) is 4.53. The molecule has 39 heavy (non-hydrogen) atoms. The SMILES string of the molecule is Cc1cc(OCCCN(C)C)c2oc3cc(Oc4cccc(C(=O)Cc5ccccc5)c4)ccc3c(=O)c2c1. The molecule has 4 aromatic carbocycles. The molecular formula is C33H31NO5. The summed E-state index contributed by atoms with van der Waals surface area (Å²) < 4.78 is 18.3. The molecule has 5 aromatic rings. The first-order valence-corrected chi connectivity index (χ1v) is 13.0. The molecule has 0 bridgehead atoms. The molecule has 0 saturated heterocycles. The molecule has 0 amide bonds. The van der Waals surface area contributed by atoms with Crippen LogP contribution in [0, 0.1) is 6.92 Å². The third kappa shape index (κ3) is 6.19. The number of aryl methyl sites for hydroxylation is 1. The summed E-state index contributed by atoms with van der Waals surface area (Å²) in [5.41, 5.74) is 3.17. The van der Waals surface area contributed by atoms with Gasteiger partial charge in [-0.15, -0.1) is 0 Å². The minimum atomic E-state index is -0.117. The topological polar surface area (TPSA) is 69.0 Å². The van der Waals surface area contributed by atoms with Gasteiger partial charge in [-0.2, -0.15) is 0 Å². The Balaban J connectivity index is 1.42. The molecule has 0 atom stereocenters. The zero-order chi connectivity index (χ0) is 27.4. The van der Waals surface area contributed by atoms with Crippen molar-refractivity contribution in [3.8, 4) is 17.2 Å². The van der Waals surface area contributed by atoms with E-state index in [-0.39, 0.29) is 11.2 Å². The van der Waals surface area contributed by atoms with E-state index in [2.05, 4.69) is 4.90 Å². The number of ether oxygens (including phenoxy) is 2. The van der Waals surface area contributed by atoms with E-state index in [1.807, 2.05) is 63.5 Å². The molecule has 0 unspecified atom stereocenters. The van der Waals surface area contributed by atoms with Crippen LogP contribution in [0.15, 0.2) is 94.1 Å². The number of carbonyl (C=O) groups is 1. The molecule has 0 aliphatic heterocycles. The third-order valence-corrected chi connectivity index (χ3v) is 6.46. The van der Waals surface area contributed by atoms with Crippen LogP contribution in [0.3, 0.4) is 0 Å². The maximum absolute atomic E-state index is 13.4. The summed E-state index contributed by atoms with van der Waals surface area (Å²) >= 11 is 0. The molecule has 0 spiro atoms. The van der Waals surface area contributed by atoms with Gasteiger partial charge < -0.3 is 18.8 Å². The molecule has 0 aliphatic carbocycles. The van der Waals surface area contributed by atoms with Gasteiger partial charge in [0.05, 0.1) is 17.4 Å². The zero-order valence-electron chi connectivity index (χ0n) is 22.4. The molecule has 0 fully saturated rings. The molecule has 0 N–H and O–H groups in total. The van der Waals surface area contributed by atoms with Crippen molar-refractivity contribution >= 4 is 27.7 Å². The Labute approximate surface area is 227 Å². The number of Topliss-reactive ketones (excluding diaryl/α,β-unsaturated/α-hetero) is 1. The highest BCUT2D eigenvalue weighted by atomic mass is 16.5. The highest BCUT2D eigenvalue weighted by Crippen LogP contribution is 2.32. The monoisotopic (exact) mass is 521 g/mol. The first-order valence-electron chi connectivity index (χ1n) is 13.0. The molecular weight excluding hydrogens is 490 g/mol. The van der Waals surface area contributed by atoms with Crippen molar-refractivity contribution in [2.24, 2.45) is 0 Å². The van der Waals surface area contributed by atoms with Crippen molar-refractivity contribution in [1.29, 1.82) is 0 Å². The van der Waals surface area contributed by atoms with E-state index >= 15 is 0 Å². The van der Waals surface area contributed by atoms with Gasteiger partial charge in [0.2, 0.25) is 5.43 Å². The van der Waals surface area contributed by atoms with Gasteiger partial charge in [-0.3, -0.25) is 9.59 Å². The fourth-order valence-corrected chi connectivity index (χ4v) is 4.53. The highest BCUT2D eigenvalue weighted by molar-refractivity contribution is 5.98. The van der Waals surface area contributed by atoms with Gasteiger partial charge in [-0.05, 0) is 75.0 Å². The van der Waals surface area contributed by atoms with Crippen LogP contribution >= 0.6 is 0 Å². The Bertz CT molecular complexity index is 1690. The van der Waals surface area contributed by atoms with E-state index < -0.39 is 0 Å². The molecule has 6 nitrogen and oxygen atoms in total. The summed E-state index contributed by atoms with van der Waals surface area (Å²) in [4.78, 5) is 28.3. The minimum Gasteiger partial charge on any atom is -0.490 e. The van der Waals surface area contributed by atoms with Crippen LogP contribution < -0.4 is 14.9 Å². The van der Waals surface area contributed by atoms with Crippen LogP contribution in [0.4, 0.5) is 0 Å². The lowest BCUT2D eigenvalue weighted by molar-refractivity contribution is 0.0992. The largest absolute Gasteiger partial charge is 0.490 e. The van der Waals surface area contributed by atoms with E-state index in [0.717, 1.165) is 24.1 Å². The zero-order valence-corrected chi connectivity index (χ0v) is 22.4. The lowest BCUT2D eigenvalue weighted by Crippen LogP contribution is -2.15.